The summed E-state index contributed by atoms with van der Waals surface area (Å²) < 4.78 is 4.99. The van der Waals surface area contributed by atoms with E-state index in [1.165, 1.54) is 0 Å². The molecule has 20 heavy (non-hydrogen) atoms. The molecule has 1 rings (SSSR count). The highest BCUT2D eigenvalue weighted by atomic mass is 16.5. The molecule has 3 N–H and O–H groups in total. The molecule has 1 fully saturated rings. The van der Waals surface area contributed by atoms with Gasteiger partial charge in [-0.15, -0.1) is 0 Å². The van der Waals surface area contributed by atoms with Gasteiger partial charge in [-0.3, -0.25) is 19.9 Å². The standard InChI is InChI=1S/C13H26N4O3/c1-16(6-3-9-20-2)10-12(18)17-7-4-11(5-8-17)13(19)15-14/h11H,3-10,14H2,1-2H3,(H,15,19). The second kappa shape index (κ2) is 8.89. The Bertz CT molecular complexity index is 317. The zero-order valence-electron chi connectivity index (χ0n) is 12.4. The fraction of sp³-hybridized carbons (Fsp3) is 0.846. The SMILES string of the molecule is COCCCN(C)CC(=O)N1CCC(C(=O)NN)CC1. The molecule has 7 heteroatoms. The third kappa shape index (κ3) is 5.44. The number of nitrogens with one attached hydrogen (secondary N) is 1. The van der Waals surface area contributed by atoms with Crippen molar-refractivity contribution >= 4 is 11.8 Å². The molecule has 1 aliphatic heterocycles. The minimum absolute atomic E-state index is 0.0662. The summed E-state index contributed by atoms with van der Waals surface area (Å²) in [6, 6.07) is 0. The molecule has 1 saturated heterocycles. The average molecular weight is 286 g/mol. The Balaban J connectivity index is 2.26. The first-order valence-electron chi connectivity index (χ1n) is 7.04. The van der Waals surface area contributed by atoms with E-state index in [1.54, 1.807) is 7.11 Å². The van der Waals surface area contributed by atoms with Crippen molar-refractivity contribution in [1.29, 1.82) is 0 Å². The number of carbonyl (C=O) groups is 2. The molecule has 2 amide bonds. The van der Waals surface area contributed by atoms with E-state index in [9.17, 15) is 9.59 Å². The minimum atomic E-state index is -0.131. The molecule has 0 aliphatic carbocycles. The van der Waals surface area contributed by atoms with Crippen LogP contribution in [0.5, 0.6) is 0 Å². The number of hydrogen-bond donors (Lipinski definition) is 2. The molecule has 0 aromatic heterocycles. The number of likely N-dealkylation sites (N-methyl/N-ethyl adjacent to an activating group) is 1. The number of hydrazine groups is 1. The first-order chi connectivity index (χ1) is 9.58. The number of rotatable bonds is 7. The Morgan fingerprint density at radius 2 is 2.05 bits per heavy atom. The fourth-order valence-corrected chi connectivity index (χ4v) is 2.40. The summed E-state index contributed by atoms with van der Waals surface area (Å²) in [4.78, 5) is 27.3. The largest absolute Gasteiger partial charge is 0.385 e. The predicted octanol–water partition coefficient (Wildman–Crippen LogP) is -0.817. The van der Waals surface area contributed by atoms with E-state index in [4.69, 9.17) is 10.6 Å². The summed E-state index contributed by atoms with van der Waals surface area (Å²) in [7, 11) is 3.61. The Labute approximate surface area is 120 Å². The lowest BCUT2D eigenvalue weighted by Gasteiger charge is -2.32. The smallest absolute Gasteiger partial charge is 0.237 e. The monoisotopic (exact) mass is 286 g/mol. The number of likely N-dealkylation sites (tertiary alicyclic amines) is 1. The van der Waals surface area contributed by atoms with Gasteiger partial charge in [-0.1, -0.05) is 0 Å². The number of nitrogens with zero attached hydrogens (tertiary/aromatic N) is 2. The van der Waals surface area contributed by atoms with Gasteiger partial charge in [-0.05, 0) is 26.3 Å². The van der Waals surface area contributed by atoms with E-state index in [-0.39, 0.29) is 17.7 Å². The lowest BCUT2D eigenvalue weighted by atomic mass is 9.96. The van der Waals surface area contributed by atoms with E-state index in [2.05, 4.69) is 5.43 Å². The number of ether oxygens (including phenoxy) is 1. The van der Waals surface area contributed by atoms with E-state index in [0.717, 1.165) is 13.0 Å². The fourth-order valence-electron chi connectivity index (χ4n) is 2.40. The topological polar surface area (TPSA) is 87.9 Å². The summed E-state index contributed by atoms with van der Waals surface area (Å²) >= 11 is 0. The normalized spacial score (nSPS) is 16.5. The number of amides is 2. The molecule has 0 spiro atoms. The van der Waals surface area contributed by atoms with Crippen LogP contribution >= 0.6 is 0 Å². The first kappa shape index (κ1) is 16.9. The maximum Gasteiger partial charge on any atom is 0.237 e. The van der Waals surface area contributed by atoms with Gasteiger partial charge < -0.3 is 9.64 Å². The molecule has 116 valence electrons. The van der Waals surface area contributed by atoms with E-state index in [1.807, 2.05) is 16.8 Å². The van der Waals surface area contributed by atoms with Crippen LogP contribution in [-0.2, 0) is 14.3 Å². The molecule has 0 saturated carbocycles. The molecule has 0 unspecified atom stereocenters. The van der Waals surface area contributed by atoms with Crippen LogP contribution in [0.2, 0.25) is 0 Å². The van der Waals surface area contributed by atoms with Crippen LogP contribution in [-0.4, -0.2) is 68.6 Å². The van der Waals surface area contributed by atoms with Gasteiger partial charge in [0.05, 0.1) is 6.54 Å². The number of methoxy groups -OCH3 is 1. The Morgan fingerprint density at radius 1 is 1.40 bits per heavy atom. The quantitative estimate of drug-likeness (QED) is 0.276. The highest BCUT2D eigenvalue weighted by Gasteiger charge is 2.27. The molecule has 0 bridgehead atoms. The third-order valence-electron chi connectivity index (χ3n) is 3.65. The number of hydrogen-bond acceptors (Lipinski definition) is 5. The third-order valence-corrected chi connectivity index (χ3v) is 3.65. The molecule has 0 radical (unpaired) electrons. The Hall–Kier alpha value is -1.18. The molecule has 1 heterocycles. The van der Waals surface area contributed by atoms with Gasteiger partial charge in [0, 0.05) is 39.3 Å². The van der Waals surface area contributed by atoms with Crippen molar-refractivity contribution in [2.75, 3.05) is 46.9 Å². The van der Waals surface area contributed by atoms with E-state index < -0.39 is 0 Å². The maximum atomic E-state index is 12.1. The predicted molar refractivity (Wildman–Crippen MR) is 75.6 cm³/mol. The highest BCUT2D eigenvalue weighted by molar-refractivity contribution is 5.80. The highest BCUT2D eigenvalue weighted by Crippen LogP contribution is 2.17. The second-order valence-electron chi connectivity index (χ2n) is 5.25. The lowest BCUT2D eigenvalue weighted by Crippen LogP contribution is -2.47. The number of carbonyl (C=O) groups excluding carboxylic acids is 2. The van der Waals surface area contributed by atoms with Gasteiger partial charge in [0.1, 0.15) is 0 Å². The van der Waals surface area contributed by atoms with Crippen LogP contribution in [0.3, 0.4) is 0 Å². The van der Waals surface area contributed by atoms with Crippen molar-refractivity contribution in [3.05, 3.63) is 0 Å². The van der Waals surface area contributed by atoms with Gasteiger partial charge in [0.2, 0.25) is 11.8 Å². The zero-order valence-corrected chi connectivity index (χ0v) is 12.4. The summed E-state index contributed by atoms with van der Waals surface area (Å²) in [5.41, 5.74) is 2.18. The van der Waals surface area contributed by atoms with Crippen LogP contribution in [0.4, 0.5) is 0 Å². The van der Waals surface area contributed by atoms with Crippen molar-refractivity contribution in [2.24, 2.45) is 11.8 Å². The number of piperidine rings is 1. The van der Waals surface area contributed by atoms with Gasteiger partial charge >= 0.3 is 0 Å². The van der Waals surface area contributed by atoms with Crippen LogP contribution in [0.15, 0.2) is 0 Å². The zero-order chi connectivity index (χ0) is 15.0. The van der Waals surface area contributed by atoms with Crippen molar-refractivity contribution in [3.63, 3.8) is 0 Å². The van der Waals surface area contributed by atoms with Crippen LogP contribution in [0.1, 0.15) is 19.3 Å². The maximum absolute atomic E-state index is 12.1. The first-order valence-corrected chi connectivity index (χ1v) is 7.04. The summed E-state index contributed by atoms with van der Waals surface area (Å²) in [6.07, 6.45) is 2.28. The minimum Gasteiger partial charge on any atom is -0.385 e. The van der Waals surface area contributed by atoms with Gasteiger partial charge in [-0.25, -0.2) is 5.84 Å². The molecular weight excluding hydrogens is 260 g/mol. The summed E-state index contributed by atoms with van der Waals surface area (Å²) in [6.45, 7) is 3.22. The van der Waals surface area contributed by atoms with Gasteiger partial charge in [-0.2, -0.15) is 0 Å². The van der Waals surface area contributed by atoms with Crippen LogP contribution < -0.4 is 11.3 Å². The summed E-state index contributed by atoms with van der Waals surface area (Å²) in [5, 5.41) is 0. The van der Waals surface area contributed by atoms with Gasteiger partial charge in [0.15, 0.2) is 0 Å². The van der Waals surface area contributed by atoms with E-state index >= 15 is 0 Å². The lowest BCUT2D eigenvalue weighted by molar-refractivity contribution is -0.136. The molecule has 1 aliphatic rings. The molecule has 0 atom stereocenters. The van der Waals surface area contributed by atoms with Crippen LogP contribution in [0.25, 0.3) is 0 Å². The number of nitrogens with two attached hydrogens (primary N) is 1. The summed E-state index contributed by atoms with van der Waals surface area (Å²) in [5.74, 6) is 5.05. The molecular formula is C13H26N4O3. The van der Waals surface area contributed by atoms with Crippen LogP contribution in [0, 0.1) is 5.92 Å². The molecule has 0 aromatic rings. The Kier molecular flexibility index (Phi) is 7.50. The molecule has 7 nitrogen and oxygen atoms in total. The van der Waals surface area contributed by atoms with Crippen molar-refractivity contribution in [2.45, 2.75) is 19.3 Å². The Morgan fingerprint density at radius 3 is 2.60 bits per heavy atom. The van der Waals surface area contributed by atoms with E-state index in [0.29, 0.717) is 39.1 Å². The van der Waals surface area contributed by atoms with Crippen molar-refractivity contribution in [1.82, 2.24) is 15.2 Å². The van der Waals surface area contributed by atoms with Crippen molar-refractivity contribution < 1.29 is 14.3 Å². The average Bonchev–Trinajstić information content (AvgIpc) is 2.46. The molecule has 0 aromatic carbocycles. The van der Waals surface area contributed by atoms with Gasteiger partial charge in [0.25, 0.3) is 0 Å². The van der Waals surface area contributed by atoms with Crippen molar-refractivity contribution in [3.8, 4) is 0 Å². The second-order valence-corrected chi connectivity index (χ2v) is 5.25.